The molecule has 7 rings (SSSR count). The summed E-state index contributed by atoms with van der Waals surface area (Å²) in [6.45, 7) is 6.41. The molecule has 3 saturated carbocycles. The Morgan fingerprint density at radius 1 is 1.29 bits per heavy atom. The molecule has 0 bridgehead atoms. The smallest absolute Gasteiger partial charge is 0.215 e. The predicted octanol–water partition coefficient (Wildman–Crippen LogP) is 4.80. The number of ketones is 2. The molecule has 1 saturated heterocycles. The minimum Gasteiger partial charge on any atom is -0.481 e. The first-order valence-electron chi connectivity index (χ1n) is 15.2. The van der Waals surface area contributed by atoms with Gasteiger partial charge in [-0.15, -0.1) is 0 Å². The van der Waals surface area contributed by atoms with Crippen molar-refractivity contribution in [3.8, 4) is 5.88 Å². The molecule has 5 aliphatic rings. The van der Waals surface area contributed by atoms with Gasteiger partial charge in [0.2, 0.25) is 5.88 Å². The van der Waals surface area contributed by atoms with Crippen LogP contribution in [0.5, 0.6) is 5.88 Å². The Hall–Kier alpha value is -2.53. The number of carbonyl (C=O) groups is 2. The number of allylic oxidation sites excluding steroid dienone is 4. The molecule has 4 fully saturated rings. The molecule has 0 radical (unpaired) electrons. The third-order valence-corrected chi connectivity index (χ3v) is 11.9. The van der Waals surface area contributed by atoms with Crippen LogP contribution in [0.4, 0.5) is 0 Å². The van der Waals surface area contributed by atoms with E-state index < -0.39 is 23.4 Å². The predicted molar refractivity (Wildman–Crippen MR) is 157 cm³/mol. The van der Waals surface area contributed by atoms with Crippen molar-refractivity contribution in [2.75, 3.05) is 12.9 Å². The quantitative estimate of drug-likeness (QED) is 0.436. The van der Waals surface area contributed by atoms with Gasteiger partial charge in [-0.1, -0.05) is 50.6 Å². The van der Waals surface area contributed by atoms with E-state index in [1.165, 1.54) is 11.8 Å². The SMILES string of the molecule is CCC[C@@H]1O[C@@H]2CC3C4CCC5=CC(=O)C=CC5(C)C4[C@@H](O)CC3(C)[C@]2(C(=O)CSc2nc3ccc(OC)nc3[nH]2)O1. The molecule has 1 aliphatic heterocycles. The zero-order valence-corrected chi connectivity index (χ0v) is 25.4. The van der Waals surface area contributed by atoms with Crippen molar-refractivity contribution in [2.24, 2.45) is 28.6 Å². The molecular formula is C32H39N3O6S. The first-order chi connectivity index (χ1) is 20.1. The number of Topliss-reactive ketones (excluding diaryl/α,β-unsaturated/α-hetero) is 1. The van der Waals surface area contributed by atoms with E-state index in [1.54, 1.807) is 25.3 Å². The standard InChI is InChI=1S/C32H39N3O6S/c1-5-6-26-40-24-14-20-19-8-7-17-13-18(36)11-12-30(17,2)27(19)22(37)15-31(20,3)32(24,41-26)23(38)16-42-29-33-21-9-10-25(39-4)34-28(21)35-29/h9-13,19-20,22,24,26-27,37H,5-8,14-16H2,1-4H3,(H,33,34,35)/t19?,20?,22-,24+,26+,27?,30?,31?,32+/m0/s1. The number of imidazole rings is 1. The average Bonchev–Trinajstić information content (AvgIpc) is 3.61. The summed E-state index contributed by atoms with van der Waals surface area (Å²) in [5, 5.41) is 12.5. The highest BCUT2D eigenvalue weighted by atomic mass is 32.2. The number of thioether (sulfide) groups is 1. The van der Waals surface area contributed by atoms with Crippen LogP contribution in [0, 0.1) is 28.6 Å². The molecule has 2 aromatic heterocycles. The van der Waals surface area contributed by atoms with E-state index in [-0.39, 0.29) is 46.6 Å². The molecule has 10 heteroatoms. The summed E-state index contributed by atoms with van der Waals surface area (Å²) in [6, 6.07) is 3.60. The monoisotopic (exact) mass is 593 g/mol. The molecule has 0 spiro atoms. The van der Waals surface area contributed by atoms with E-state index in [2.05, 4.69) is 35.7 Å². The summed E-state index contributed by atoms with van der Waals surface area (Å²) in [5.41, 5.74) is 0.333. The van der Waals surface area contributed by atoms with E-state index in [0.29, 0.717) is 28.6 Å². The third kappa shape index (κ3) is 3.94. The fraction of sp³-hybridized carbons (Fsp3) is 0.625. The van der Waals surface area contributed by atoms with E-state index in [0.717, 1.165) is 37.7 Å². The second-order valence-electron chi connectivity index (χ2n) is 13.1. The number of carbonyl (C=O) groups excluding carboxylic acids is 2. The Morgan fingerprint density at radius 2 is 2.12 bits per heavy atom. The van der Waals surface area contributed by atoms with Crippen LogP contribution in [-0.2, 0) is 19.1 Å². The van der Waals surface area contributed by atoms with Crippen LogP contribution in [0.2, 0.25) is 0 Å². The van der Waals surface area contributed by atoms with Crippen LogP contribution in [0.1, 0.15) is 59.3 Å². The molecular weight excluding hydrogens is 554 g/mol. The fourth-order valence-corrected chi connectivity index (χ4v) is 10.1. The number of ether oxygens (including phenoxy) is 3. The van der Waals surface area contributed by atoms with Crippen LogP contribution in [0.25, 0.3) is 11.2 Å². The maximum Gasteiger partial charge on any atom is 0.215 e. The van der Waals surface area contributed by atoms with E-state index >= 15 is 0 Å². The van der Waals surface area contributed by atoms with E-state index in [9.17, 15) is 14.7 Å². The van der Waals surface area contributed by atoms with Gasteiger partial charge in [-0.2, -0.15) is 4.98 Å². The summed E-state index contributed by atoms with van der Waals surface area (Å²) in [5.74, 6) is 0.992. The summed E-state index contributed by atoms with van der Waals surface area (Å²) < 4.78 is 18.5. The van der Waals surface area contributed by atoms with Crippen molar-refractivity contribution in [3.63, 3.8) is 0 Å². The maximum atomic E-state index is 14.5. The second-order valence-corrected chi connectivity index (χ2v) is 14.1. The highest BCUT2D eigenvalue weighted by Gasteiger charge is 2.75. The van der Waals surface area contributed by atoms with E-state index in [1.807, 2.05) is 12.1 Å². The number of aromatic amines is 1. The molecule has 3 heterocycles. The molecule has 5 unspecified atom stereocenters. The van der Waals surface area contributed by atoms with Gasteiger partial charge in [0.25, 0.3) is 0 Å². The van der Waals surface area contributed by atoms with Crippen LogP contribution in [0.15, 0.2) is 41.1 Å². The molecule has 9 atom stereocenters. The number of nitrogens with zero attached hydrogens (tertiary/aromatic N) is 2. The van der Waals surface area contributed by atoms with Crippen molar-refractivity contribution < 1.29 is 28.9 Å². The lowest BCUT2D eigenvalue weighted by Crippen LogP contribution is -2.63. The van der Waals surface area contributed by atoms with Gasteiger partial charge in [0.1, 0.15) is 5.52 Å². The van der Waals surface area contributed by atoms with Crippen LogP contribution in [-0.4, -0.2) is 68.6 Å². The lowest BCUT2D eigenvalue weighted by Gasteiger charge is -2.59. The molecule has 224 valence electrons. The third-order valence-electron chi connectivity index (χ3n) is 11.1. The van der Waals surface area contributed by atoms with Gasteiger partial charge in [0.15, 0.2) is 34.3 Å². The Kier molecular flexibility index (Phi) is 6.73. The molecule has 0 amide bonds. The number of rotatable bonds is 7. The summed E-state index contributed by atoms with van der Waals surface area (Å²) >= 11 is 1.35. The van der Waals surface area contributed by atoms with Crippen molar-refractivity contribution in [1.29, 1.82) is 0 Å². The van der Waals surface area contributed by atoms with Crippen molar-refractivity contribution in [2.45, 2.75) is 88.6 Å². The van der Waals surface area contributed by atoms with Gasteiger partial charge in [0, 0.05) is 22.8 Å². The molecule has 4 aliphatic carbocycles. The van der Waals surface area contributed by atoms with Crippen molar-refractivity contribution >= 4 is 34.5 Å². The molecule has 0 aromatic carbocycles. The van der Waals surface area contributed by atoms with Crippen LogP contribution >= 0.6 is 11.8 Å². The van der Waals surface area contributed by atoms with Gasteiger partial charge in [0.05, 0.1) is 25.1 Å². The average molecular weight is 594 g/mol. The number of aliphatic hydroxyl groups excluding tert-OH is 1. The number of nitrogens with one attached hydrogen (secondary N) is 1. The highest BCUT2D eigenvalue weighted by molar-refractivity contribution is 7.99. The topological polar surface area (TPSA) is 124 Å². The van der Waals surface area contributed by atoms with Crippen molar-refractivity contribution in [1.82, 2.24) is 15.0 Å². The highest BCUT2D eigenvalue weighted by Crippen LogP contribution is 2.69. The largest absolute Gasteiger partial charge is 0.481 e. The Balaban J connectivity index is 1.20. The van der Waals surface area contributed by atoms with Gasteiger partial charge in [-0.3, -0.25) is 9.59 Å². The number of methoxy groups -OCH3 is 1. The number of hydrogen-bond donors (Lipinski definition) is 2. The number of fused-ring (bicyclic) bond motifs is 8. The lowest BCUT2D eigenvalue weighted by atomic mass is 9.46. The fourth-order valence-electron chi connectivity index (χ4n) is 9.28. The second kappa shape index (κ2) is 10.0. The lowest BCUT2D eigenvalue weighted by molar-refractivity contribution is -0.197. The first kappa shape index (κ1) is 28.3. The van der Waals surface area contributed by atoms with Crippen LogP contribution in [0.3, 0.4) is 0 Å². The zero-order valence-electron chi connectivity index (χ0n) is 24.6. The van der Waals surface area contributed by atoms with Crippen molar-refractivity contribution in [3.05, 3.63) is 35.9 Å². The van der Waals surface area contributed by atoms with Gasteiger partial charge in [-0.25, -0.2) is 4.98 Å². The zero-order chi connectivity index (χ0) is 29.4. The first-order valence-corrected chi connectivity index (χ1v) is 16.1. The van der Waals surface area contributed by atoms with Crippen LogP contribution < -0.4 is 4.74 Å². The minimum absolute atomic E-state index is 0.0106. The van der Waals surface area contributed by atoms with Gasteiger partial charge in [-0.05, 0) is 62.2 Å². The minimum atomic E-state index is -1.14. The van der Waals surface area contributed by atoms with E-state index in [4.69, 9.17) is 14.2 Å². The number of pyridine rings is 1. The maximum absolute atomic E-state index is 14.5. The number of aromatic nitrogens is 3. The Labute approximate surface area is 249 Å². The summed E-state index contributed by atoms with van der Waals surface area (Å²) in [6.07, 6.45) is 8.49. The molecule has 9 nitrogen and oxygen atoms in total. The number of H-pyrrole nitrogens is 1. The Bertz CT molecular complexity index is 1500. The Morgan fingerprint density at radius 3 is 2.90 bits per heavy atom. The number of aliphatic hydroxyl groups is 1. The number of hydrogen-bond acceptors (Lipinski definition) is 9. The normalized spacial score (nSPS) is 40.3. The summed E-state index contributed by atoms with van der Waals surface area (Å²) in [7, 11) is 1.57. The molecule has 2 aromatic rings. The molecule has 42 heavy (non-hydrogen) atoms. The van der Waals surface area contributed by atoms with Gasteiger partial charge >= 0.3 is 0 Å². The van der Waals surface area contributed by atoms with Gasteiger partial charge < -0.3 is 24.3 Å². The summed E-state index contributed by atoms with van der Waals surface area (Å²) in [4.78, 5) is 38.9. The molecule has 2 N–H and O–H groups in total.